The summed E-state index contributed by atoms with van der Waals surface area (Å²) in [5, 5.41) is 3.96. The molecule has 3 aromatic rings. The van der Waals surface area contributed by atoms with E-state index in [0.29, 0.717) is 23.2 Å². The van der Waals surface area contributed by atoms with E-state index in [1.165, 1.54) is 5.56 Å². The first-order chi connectivity index (χ1) is 10.2. The molecule has 0 aliphatic heterocycles. The van der Waals surface area contributed by atoms with E-state index in [0.717, 1.165) is 5.56 Å². The second kappa shape index (κ2) is 5.66. The lowest BCUT2D eigenvalue weighted by atomic mass is 10.1. The van der Waals surface area contributed by atoms with Gasteiger partial charge in [-0.2, -0.15) is 4.98 Å². The Morgan fingerprint density at radius 2 is 1.95 bits per heavy atom. The summed E-state index contributed by atoms with van der Waals surface area (Å²) in [6, 6.07) is 15.1. The van der Waals surface area contributed by atoms with Crippen molar-refractivity contribution in [3.8, 4) is 17.1 Å². The third-order valence-corrected chi connectivity index (χ3v) is 3.00. The molecule has 5 heteroatoms. The van der Waals surface area contributed by atoms with Crippen molar-refractivity contribution in [3.63, 3.8) is 0 Å². The van der Waals surface area contributed by atoms with E-state index in [1.807, 2.05) is 43.3 Å². The molecule has 0 bridgehead atoms. The van der Waals surface area contributed by atoms with Crippen LogP contribution >= 0.6 is 0 Å². The van der Waals surface area contributed by atoms with Crippen LogP contribution in [0.4, 0.5) is 5.69 Å². The van der Waals surface area contributed by atoms with Crippen LogP contribution in [0, 0.1) is 6.92 Å². The Morgan fingerprint density at radius 1 is 1.14 bits per heavy atom. The van der Waals surface area contributed by atoms with E-state index >= 15 is 0 Å². The Balaban J connectivity index is 1.69. The fraction of sp³-hybridized carbons (Fsp3) is 0.125. The topological polar surface area (TPSA) is 74.2 Å². The van der Waals surface area contributed by atoms with Crippen molar-refractivity contribution in [3.05, 3.63) is 60.0 Å². The summed E-state index contributed by atoms with van der Waals surface area (Å²) >= 11 is 0. The Morgan fingerprint density at radius 3 is 2.71 bits per heavy atom. The van der Waals surface area contributed by atoms with Crippen LogP contribution < -0.4 is 10.5 Å². The molecule has 0 saturated heterocycles. The Bertz CT molecular complexity index is 735. The van der Waals surface area contributed by atoms with Gasteiger partial charge in [-0.3, -0.25) is 0 Å². The molecule has 106 valence electrons. The van der Waals surface area contributed by atoms with Crippen molar-refractivity contribution in [2.45, 2.75) is 13.5 Å². The number of benzene rings is 2. The highest BCUT2D eigenvalue weighted by atomic mass is 16.5. The highest BCUT2D eigenvalue weighted by Crippen LogP contribution is 2.18. The van der Waals surface area contributed by atoms with E-state index in [9.17, 15) is 0 Å². The van der Waals surface area contributed by atoms with Crippen LogP contribution in [0.15, 0.2) is 53.1 Å². The second-order valence-corrected chi connectivity index (χ2v) is 4.74. The van der Waals surface area contributed by atoms with Crippen LogP contribution in [-0.4, -0.2) is 10.1 Å². The maximum absolute atomic E-state index is 5.69. The molecule has 0 amide bonds. The molecule has 0 aliphatic carbocycles. The lowest BCUT2D eigenvalue weighted by Crippen LogP contribution is -1.96. The number of nitrogens with zero attached hydrogens (tertiary/aromatic N) is 2. The van der Waals surface area contributed by atoms with E-state index in [1.54, 1.807) is 12.1 Å². The predicted octanol–water partition coefficient (Wildman–Crippen LogP) is 3.21. The van der Waals surface area contributed by atoms with Crippen LogP contribution in [-0.2, 0) is 6.61 Å². The average Bonchev–Trinajstić information content (AvgIpc) is 2.95. The molecule has 0 unspecified atom stereocenters. The van der Waals surface area contributed by atoms with Crippen LogP contribution in [0.5, 0.6) is 5.75 Å². The highest BCUT2D eigenvalue weighted by molar-refractivity contribution is 5.54. The number of aryl methyl sites for hydroxylation is 1. The molecule has 5 nitrogen and oxygen atoms in total. The number of ether oxygens (including phenoxy) is 1. The molecule has 21 heavy (non-hydrogen) atoms. The van der Waals surface area contributed by atoms with E-state index in [4.69, 9.17) is 15.0 Å². The third-order valence-electron chi connectivity index (χ3n) is 3.00. The summed E-state index contributed by atoms with van der Waals surface area (Å²) in [4.78, 5) is 4.31. The van der Waals surface area contributed by atoms with Crippen LogP contribution in [0.25, 0.3) is 11.4 Å². The van der Waals surface area contributed by atoms with Gasteiger partial charge in [-0.05, 0) is 19.1 Å². The molecule has 0 atom stereocenters. The molecule has 3 rings (SSSR count). The predicted molar refractivity (Wildman–Crippen MR) is 79.7 cm³/mol. The molecule has 1 aromatic heterocycles. The Hall–Kier alpha value is -2.82. The molecule has 0 aliphatic rings. The van der Waals surface area contributed by atoms with Gasteiger partial charge in [0.1, 0.15) is 5.75 Å². The molecule has 2 N–H and O–H groups in total. The van der Waals surface area contributed by atoms with Crippen molar-refractivity contribution in [1.82, 2.24) is 10.1 Å². The van der Waals surface area contributed by atoms with Crippen molar-refractivity contribution in [1.29, 1.82) is 0 Å². The first kappa shape index (κ1) is 13.2. The molecular formula is C16H15N3O2. The van der Waals surface area contributed by atoms with Gasteiger partial charge >= 0.3 is 0 Å². The van der Waals surface area contributed by atoms with Crippen LogP contribution in [0.3, 0.4) is 0 Å². The summed E-state index contributed by atoms with van der Waals surface area (Å²) in [5.41, 5.74) is 8.44. The van der Waals surface area contributed by atoms with Gasteiger partial charge in [-0.1, -0.05) is 41.1 Å². The SMILES string of the molecule is Cc1ccc(-c2noc(COc3cccc(N)c3)n2)cc1. The molecule has 0 spiro atoms. The number of hydrogen-bond donors (Lipinski definition) is 1. The zero-order valence-electron chi connectivity index (χ0n) is 11.6. The standard InChI is InChI=1S/C16H15N3O2/c1-11-5-7-12(8-6-11)16-18-15(21-19-16)10-20-14-4-2-3-13(17)9-14/h2-9H,10,17H2,1H3. The third kappa shape index (κ3) is 3.20. The fourth-order valence-corrected chi connectivity index (χ4v) is 1.88. The van der Waals surface area contributed by atoms with Gasteiger partial charge in [-0.25, -0.2) is 0 Å². The molecule has 0 radical (unpaired) electrons. The second-order valence-electron chi connectivity index (χ2n) is 4.74. The molecule has 2 aromatic carbocycles. The zero-order valence-corrected chi connectivity index (χ0v) is 11.6. The maximum atomic E-state index is 5.69. The minimum absolute atomic E-state index is 0.211. The number of nitrogens with two attached hydrogens (primary N) is 1. The number of hydrogen-bond acceptors (Lipinski definition) is 5. The first-order valence-electron chi connectivity index (χ1n) is 6.59. The Kier molecular flexibility index (Phi) is 3.55. The number of anilines is 1. The van der Waals surface area contributed by atoms with Gasteiger partial charge in [-0.15, -0.1) is 0 Å². The lowest BCUT2D eigenvalue weighted by Gasteiger charge is -2.03. The zero-order chi connectivity index (χ0) is 14.7. The average molecular weight is 281 g/mol. The van der Waals surface area contributed by atoms with Gasteiger partial charge < -0.3 is 15.0 Å². The summed E-state index contributed by atoms with van der Waals surface area (Å²) in [7, 11) is 0. The highest BCUT2D eigenvalue weighted by Gasteiger charge is 2.09. The first-order valence-corrected chi connectivity index (χ1v) is 6.59. The summed E-state index contributed by atoms with van der Waals surface area (Å²) in [5.74, 6) is 1.65. The van der Waals surface area contributed by atoms with E-state index in [-0.39, 0.29) is 6.61 Å². The molecule has 0 fully saturated rings. The minimum Gasteiger partial charge on any atom is -0.484 e. The van der Waals surface area contributed by atoms with Gasteiger partial charge in [0.25, 0.3) is 5.89 Å². The molecular weight excluding hydrogens is 266 g/mol. The molecule has 0 saturated carbocycles. The van der Waals surface area contributed by atoms with E-state index < -0.39 is 0 Å². The van der Waals surface area contributed by atoms with Crippen LogP contribution in [0.2, 0.25) is 0 Å². The van der Waals surface area contributed by atoms with Crippen molar-refractivity contribution in [2.24, 2.45) is 0 Å². The summed E-state index contributed by atoms with van der Waals surface area (Å²) in [6.45, 7) is 2.24. The summed E-state index contributed by atoms with van der Waals surface area (Å²) < 4.78 is 10.7. The smallest absolute Gasteiger partial charge is 0.264 e. The van der Waals surface area contributed by atoms with Gasteiger partial charge in [0.05, 0.1) is 0 Å². The van der Waals surface area contributed by atoms with Crippen LogP contribution in [0.1, 0.15) is 11.5 Å². The summed E-state index contributed by atoms with van der Waals surface area (Å²) in [6.07, 6.45) is 0. The molecule has 1 heterocycles. The minimum atomic E-state index is 0.211. The largest absolute Gasteiger partial charge is 0.484 e. The number of nitrogen functional groups attached to an aromatic ring is 1. The van der Waals surface area contributed by atoms with Gasteiger partial charge in [0, 0.05) is 17.3 Å². The van der Waals surface area contributed by atoms with Gasteiger partial charge in [0.15, 0.2) is 6.61 Å². The Labute approximate surface area is 122 Å². The number of aromatic nitrogens is 2. The van der Waals surface area contributed by atoms with Crippen molar-refractivity contribution >= 4 is 5.69 Å². The van der Waals surface area contributed by atoms with Crippen molar-refractivity contribution in [2.75, 3.05) is 5.73 Å². The lowest BCUT2D eigenvalue weighted by molar-refractivity contribution is 0.243. The van der Waals surface area contributed by atoms with Gasteiger partial charge in [0.2, 0.25) is 5.82 Å². The fourth-order valence-electron chi connectivity index (χ4n) is 1.88. The number of rotatable bonds is 4. The maximum Gasteiger partial charge on any atom is 0.264 e. The quantitative estimate of drug-likeness (QED) is 0.743. The van der Waals surface area contributed by atoms with Crippen molar-refractivity contribution < 1.29 is 9.26 Å². The normalized spacial score (nSPS) is 10.5. The van der Waals surface area contributed by atoms with E-state index in [2.05, 4.69) is 10.1 Å². The monoisotopic (exact) mass is 281 g/mol.